The van der Waals surface area contributed by atoms with E-state index in [-0.39, 0.29) is 30.3 Å². The van der Waals surface area contributed by atoms with Gasteiger partial charge in [0.25, 0.3) is 0 Å². The Balaban J connectivity index is 1.77. The molecule has 0 radical (unpaired) electrons. The molecule has 0 saturated carbocycles. The first kappa shape index (κ1) is 26.6. The van der Waals surface area contributed by atoms with E-state index in [1.165, 1.54) is 0 Å². The van der Waals surface area contributed by atoms with Crippen LogP contribution in [-0.4, -0.2) is 85.9 Å². The van der Waals surface area contributed by atoms with Gasteiger partial charge in [-0.25, -0.2) is 0 Å². The van der Waals surface area contributed by atoms with E-state index in [9.17, 15) is 14.4 Å². The molecule has 36 heavy (non-hydrogen) atoms. The van der Waals surface area contributed by atoms with Gasteiger partial charge in [0.2, 0.25) is 11.8 Å². The smallest absolute Gasteiger partial charge is 0.249 e. The van der Waals surface area contributed by atoms with Gasteiger partial charge in [0.05, 0.1) is 12.0 Å². The van der Waals surface area contributed by atoms with Crippen molar-refractivity contribution in [2.45, 2.75) is 65.0 Å². The fourth-order valence-electron chi connectivity index (χ4n) is 6.14. The maximum atomic E-state index is 14.4. The van der Waals surface area contributed by atoms with Gasteiger partial charge >= 0.3 is 0 Å². The van der Waals surface area contributed by atoms with E-state index in [1.54, 1.807) is 11.0 Å². The number of fused-ring (bicyclic) bond motifs is 1. The Morgan fingerprint density at radius 1 is 1.17 bits per heavy atom. The first-order valence-corrected chi connectivity index (χ1v) is 13.4. The molecule has 4 rings (SSSR count). The number of ether oxygens (including phenoxy) is 1. The second kappa shape index (κ2) is 10.5. The van der Waals surface area contributed by atoms with Crippen molar-refractivity contribution in [3.63, 3.8) is 0 Å². The number of likely N-dealkylation sites (N-methyl/N-ethyl adjacent to an activating group) is 1. The Bertz CT molecular complexity index is 1000. The minimum atomic E-state index is -0.605. The second-order valence-corrected chi connectivity index (χ2v) is 11.4. The van der Waals surface area contributed by atoms with Gasteiger partial charge in [-0.2, -0.15) is 0 Å². The summed E-state index contributed by atoms with van der Waals surface area (Å²) in [5.74, 6) is -1.13. The van der Waals surface area contributed by atoms with E-state index in [1.807, 2.05) is 12.1 Å². The number of hydrogen-bond acceptors (Lipinski definition) is 6. The zero-order valence-corrected chi connectivity index (χ0v) is 22.5. The summed E-state index contributed by atoms with van der Waals surface area (Å²) in [6, 6.07) is 5.16. The maximum Gasteiger partial charge on any atom is 0.249 e. The number of Topliss-reactive ketones (excluding diaryl/α,β-unsaturated/α-hetero) is 1. The molecule has 3 heterocycles. The first-order chi connectivity index (χ1) is 17.1. The number of benzene rings is 1. The molecule has 2 N–H and O–H groups in total. The normalized spacial score (nSPS) is 25.8. The van der Waals surface area contributed by atoms with Gasteiger partial charge in [0.1, 0.15) is 12.6 Å². The number of hydrogen-bond donors (Lipinski definition) is 1. The topological polar surface area (TPSA) is 96.2 Å². The third-order valence-corrected chi connectivity index (χ3v) is 8.65. The zero-order chi connectivity index (χ0) is 26.2. The van der Waals surface area contributed by atoms with Gasteiger partial charge in [0, 0.05) is 49.9 Å². The predicted molar refractivity (Wildman–Crippen MR) is 140 cm³/mol. The highest BCUT2D eigenvalue weighted by atomic mass is 16.5. The standard InChI is InChI=1S/C28H42N4O4/c1-6-8-18-16-32(24-22(33)17-36-25(18)24)27(35)23(28(3,4)7-2)21-15-19(9-10-20(21)26(29)34)31-13-11-30(5)12-14-31/h9-10,15,18,23-25H,6-8,11-14,16-17H2,1-5H3,(H2,29,34)/t18-,23-,24+,25+/m0/s1. The quantitative estimate of drug-likeness (QED) is 0.592. The van der Waals surface area contributed by atoms with Gasteiger partial charge in [-0.1, -0.05) is 34.1 Å². The summed E-state index contributed by atoms with van der Waals surface area (Å²) < 4.78 is 5.87. The number of likely N-dealkylation sites (tertiary alicyclic amines) is 1. The Hall–Kier alpha value is -2.45. The molecule has 198 valence electrons. The molecule has 1 aromatic carbocycles. The fourth-order valence-corrected chi connectivity index (χ4v) is 6.14. The van der Waals surface area contributed by atoms with Crippen LogP contribution in [-0.2, 0) is 14.3 Å². The summed E-state index contributed by atoms with van der Waals surface area (Å²) >= 11 is 0. The number of carbonyl (C=O) groups excluding carboxylic acids is 3. The summed E-state index contributed by atoms with van der Waals surface area (Å²) in [7, 11) is 2.11. The third kappa shape index (κ3) is 4.90. The van der Waals surface area contributed by atoms with E-state index in [2.05, 4.69) is 44.5 Å². The van der Waals surface area contributed by atoms with E-state index in [0.717, 1.165) is 51.1 Å². The van der Waals surface area contributed by atoms with Crippen LogP contribution >= 0.6 is 0 Å². The highest BCUT2D eigenvalue weighted by Gasteiger charge is 2.54. The number of rotatable bonds is 8. The molecule has 0 bridgehead atoms. The maximum absolute atomic E-state index is 14.4. The van der Waals surface area contributed by atoms with Gasteiger partial charge in [-0.3, -0.25) is 14.4 Å². The highest BCUT2D eigenvalue weighted by Crippen LogP contribution is 2.45. The van der Waals surface area contributed by atoms with Crippen LogP contribution in [0.25, 0.3) is 0 Å². The summed E-state index contributed by atoms with van der Waals surface area (Å²) in [6.07, 6.45) is 2.37. The molecule has 8 heteroatoms. The molecular formula is C28H42N4O4. The van der Waals surface area contributed by atoms with Gasteiger partial charge in [-0.05, 0) is 49.1 Å². The van der Waals surface area contributed by atoms with Crippen molar-refractivity contribution < 1.29 is 19.1 Å². The summed E-state index contributed by atoms with van der Waals surface area (Å²) in [4.78, 5) is 46.2. The van der Waals surface area contributed by atoms with Crippen LogP contribution in [0.15, 0.2) is 18.2 Å². The fraction of sp³-hybridized carbons (Fsp3) is 0.679. The number of primary amides is 1. The lowest BCUT2D eigenvalue weighted by molar-refractivity contribution is -0.140. The lowest BCUT2D eigenvalue weighted by Crippen LogP contribution is -2.47. The van der Waals surface area contributed by atoms with Crippen LogP contribution < -0.4 is 10.6 Å². The molecule has 3 saturated heterocycles. The summed E-state index contributed by atoms with van der Waals surface area (Å²) in [5.41, 5.74) is 7.43. The van der Waals surface area contributed by atoms with Crippen LogP contribution in [0.1, 0.15) is 68.8 Å². The van der Waals surface area contributed by atoms with E-state index < -0.39 is 23.3 Å². The average molecular weight is 499 g/mol. The van der Waals surface area contributed by atoms with E-state index in [0.29, 0.717) is 17.7 Å². The number of nitrogens with zero attached hydrogens (tertiary/aromatic N) is 3. The average Bonchev–Trinajstić information content (AvgIpc) is 3.40. The lowest BCUT2D eigenvalue weighted by Gasteiger charge is -2.39. The summed E-state index contributed by atoms with van der Waals surface area (Å²) in [6.45, 7) is 12.5. The number of amides is 2. The molecule has 4 atom stereocenters. The third-order valence-electron chi connectivity index (χ3n) is 8.65. The van der Waals surface area contributed by atoms with Gasteiger partial charge in [0.15, 0.2) is 5.78 Å². The minimum Gasteiger partial charge on any atom is -0.369 e. The number of piperazine rings is 1. The van der Waals surface area contributed by atoms with Crippen LogP contribution in [0.4, 0.5) is 5.69 Å². The van der Waals surface area contributed by atoms with Gasteiger partial charge in [-0.15, -0.1) is 0 Å². The van der Waals surface area contributed by atoms with Gasteiger partial charge < -0.3 is 25.2 Å². The Morgan fingerprint density at radius 3 is 2.47 bits per heavy atom. The monoisotopic (exact) mass is 498 g/mol. The Morgan fingerprint density at radius 2 is 1.86 bits per heavy atom. The second-order valence-electron chi connectivity index (χ2n) is 11.4. The summed E-state index contributed by atoms with van der Waals surface area (Å²) in [5, 5.41) is 0. The number of nitrogens with two attached hydrogens (primary N) is 1. The van der Waals surface area contributed by atoms with Crippen molar-refractivity contribution in [3.05, 3.63) is 29.3 Å². The number of carbonyl (C=O) groups is 3. The van der Waals surface area contributed by atoms with E-state index in [4.69, 9.17) is 10.5 Å². The molecule has 0 aromatic heterocycles. The number of anilines is 1. The minimum absolute atomic E-state index is 0.0266. The van der Waals surface area contributed by atoms with Crippen molar-refractivity contribution in [1.82, 2.24) is 9.80 Å². The number of ketones is 1. The Kier molecular flexibility index (Phi) is 7.76. The van der Waals surface area contributed by atoms with Crippen LogP contribution in [0.3, 0.4) is 0 Å². The SMILES string of the molecule is CCC[C@H]1CN(C(=O)[C@H](c2cc(N3CCN(C)CC3)ccc2C(N)=O)C(C)(C)CC)[C@@H]2C(=O)CO[C@H]12. The molecule has 8 nitrogen and oxygen atoms in total. The van der Waals surface area contributed by atoms with Crippen molar-refractivity contribution in [2.75, 3.05) is 51.3 Å². The molecule has 1 aromatic rings. The van der Waals surface area contributed by atoms with E-state index >= 15 is 0 Å². The Labute approximate surface area is 215 Å². The van der Waals surface area contributed by atoms with Crippen LogP contribution in [0, 0.1) is 11.3 Å². The molecule has 0 aliphatic carbocycles. The van der Waals surface area contributed by atoms with Crippen LogP contribution in [0.5, 0.6) is 0 Å². The first-order valence-electron chi connectivity index (χ1n) is 13.4. The predicted octanol–water partition coefficient (Wildman–Crippen LogP) is 2.65. The molecule has 0 spiro atoms. The molecule has 0 unspecified atom stereocenters. The molecule has 3 aliphatic rings. The van der Waals surface area contributed by atoms with Crippen molar-refractivity contribution in [3.8, 4) is 0 Å². The van der Waals surface area contributed by atoms with Crippen molar-refractivity contribution >= 4 is 23.3 Å². The zero-order valence-electron chi connectivity index (χ0n) is 22.5. The highest BCUT2D eigenvalue weighted by molar-refractivity contribution is 5.99. The molecule has 3 aliphatic heterocycles. The van der Waals surface area contributed by atoms with Crippen molar-refractivity contribution in [2.24, 2.45) is 17.1 Å². The van der Waals surface area contributed by atoms with Crippen LogP contribution in [0.2, 0.25) is 0 Å². The largest absolute Gasteiger partial charge is 0.369 e. The molecular weight excluding hydrogens is 456 g/mol. The molecule has 2 amide bonds. The lowest BCUT2D eigenvalue weighted by atomic mass is 9.71. The van der Waals surface area contributed by atoms with Crippen molar-refractivity contribution in [1.29, 1.82) is 0 Å². The molecule has 3 fully saturated rings.